The number of carbonyl (C=O) groups excluding carboxylic acids is 2. The molecular weight excluding hydrogens is 404 g/mol. The van der Waals surface area contributed by atoms with Crippen molar-refractivity contribution in [1.82, 2.24) is 5.32 Å². The zero-order valence-electron chi connectivity index (χ0n) is 13.3. The average molecular weight is 420 g/mol. The van der Waals surface area contributed by atoms with Crippen LogP contribution in [0.25, 0.3) is 6.08 Å². The SMILES string of the molecule is O=C(/C=C/c1ccc(C(=O)NC2CC2)cc1)Nc1ccc(Br)cc1Cl. The molecule has 2 aromatic rings. The van der Waals surface area contributed by atoms with Crippen LogP contribution < -0.4 is 10.6 Å². The van der Waals surface area contributed by atoms with Crippen LogP contribution in [0.3, 0.4) is 0 Å². The fourth-order valence-corrected chi connectivity index (χ4v) is 2.90. The highest BCUT2D eigenvalue weighted by molar-refractivity contribution is 9.10. The Balaban J connectivity index is 1.58. The summed E-state index contributed by atoms with van der Waals surface area (Å²) in [6.07, 6.45) is 5.23. The van der Waals surface area contributed by atoms with Crippen LogP contribution in [0.15, 0.2) is 53.0 Å². The first kappa shape index (κ1) is 17.7. The third-order valence-corrected chi connectivity index (χ3v) is 4.51. The van der Waals surface area contributed by atoms with Crippen LogP contribution in [-0.2, 0) is 4.79 Å². The number of halogens is 2. The van der Waals surface area contributed by atoms with Crippen LogP contribution in [0, 0.1) is 0 Å². The Kier molecular flexibility index (Phi) is 5.56. The molecule has 0 spiro atoms. The molecule has 0 aliphatic heterocycles. The van der Waals surface area contributed by atoms with Crippen LogP contribution in [0.2, 0.25) is 5.02 Å². The van der Waals surface area contributed by atoms with Gasteiger partial charge in [-0.05, 0) is 54.8 Å². The number of hydrogen-bond donors (Lipinski definition) is 2. The van der Waals surface area contributed by atoms with Gasteiger partial charge in [-0.1, -0.05) is 39.7 Å². The maximum Gasteiger partial charge on any atom is 0.251 e. The lowest BCUT2D eigenvalue weighted by Gasteiger charge is -2.05. The van der Waals surface area contributed by atoms with E-state index in [9.17, 15) is 9.59 Å². The number of hydrogen-bond acceptors (Lipinski definition) is 2. The summed E-state index contributed by atoms with van der Waals surface area (Å²) >= 11 is 9.39. The molecule has 0 saturated heterocycles. The van der Waals surface area contributed by atoms with E-state index in [1.165, 1.54) is 6.08 Å². The molecule has 0 unspecified atom stereocenters. The fourth-order valence-electron chi connectivity index (χ4n) is 2.18. The Hall–Kier alpha value is -2.11. The first-order valence-corrected chi connectivity index (χ1v) is 9.03. The molecule has 4 nitrogen and oxygen atoms in total. The molecule has 128 valence electrons. The van der Waals surface area contributed by atoms with Crippen LogP contribution in [0.5, 0.6) is 0 Å². The van der Waals surface area contributed by atoms with Crippen molar-refractivity contribution in [1.29, 1.82) is 0 Å². The van der Waals surface area contributed by atoms with Gasteiger partial charge in [0.25, 0.3) is 5.91 Å². The molecule has 0 heterocycles. The predicted octanol–water partition coefficient (Wildman–Crippen LogP) is 4.65. The van der Waals surface area contributed by atoms with E-state index in [1.54, 1.807) is 48.5 Å². The maximum absolute atomic E-state index is 12.0. The summed E-state index contributed by atoms with van der Waals surface area (Å²) in [5.41, 5.74) is 2.00. The van der Waals surface area contributed by atoms with E-state index in [0.29, 0.717) is 22.3 Å². The number of carbonyl (C=O) groups is 2. The largest absolute Gasteiger partial charge is 0.349 e. The molecule has 3 rings (SSSR count). The van der Waals surface area contributed by atoms with Gasteiger partial charge in [-0.2, -0.15) is 0 Å². The van der Waals surface area contributed by atoms with Gasteiger partial charge in [0.1, 0.15) is 0 Å². The summed E-state index contributed by atoms with van der Waals surface area (Å²) in [6, 6.07) is 12.7. The van der Waals surface area contributed by atoms with Crippen molar-refractivity contribution in [3.63, 3.8) is 0 Å². The van der Waals surface area contributed by atoms with Crippen molar-refractivity contribution in [2.45, 2.75) is 18.9 Å². The van der Waals surface area contributed by atoms with E-state index in [2.05, 4.69) is 26.6 Å². The third kappa shape index (κ3) is 5.18. The van der Waals surface area contributed by atoms with E-state index in [4.69, 9.17) is 11.6 Å². The molecular formula is C19H16BrClN2O2. The zero-order valence-corrected chi connectivity index (χ0v) is 15.6. The second-order valence-corrected chi connectivity index (χ2v) is 7.14. The van der Waals surface area contributed by atoms with Crippen molar-refractivity contribution in [3.05, 3.63) is 69.2 Å². The van der Waals surface area contributed by atoms with Crippen LogP contribution in [-0.4, -0.2) is 17.9 Å². The number of rotatable bonds is 5. The minimum Gasteiger partial charge on any atom is -0.349 e. The van der Waals surface area contributed by atoms with Gasteiger partial charge in [-0.3, -0.25) is 9.59 Å². The molecule has 2 aromatic carbocycles. The van der Waals surface area contributed by atoms with Crippen LogP contribution in [0.4, 0.5) is 5.69 Å². The van der Waals surface area contributed by atoms with Crippen molar-refractivity contribution in [3.8, 4) is 0 Å². The quantitative estimate of drug-likeness (QED) is 0.693. The van der Waals surface area contributed by atoms with E-state index < -0.39 is 0 Å². The molecule has 2 N–H and O–H groups in total. The van der Waals surface area contributed by atoms with E-state index in [0.717, 1.165) is 22.9 Å². The molecule has 0 aromatic heterocycles. The van der Waals surface area contributed by atoms with Gasteiger partial charge in [0.05, 0.1) is 10.7 Å². The minimum atomic E-state index is -0.278. The lowest BCUT2D eigenvalue weighted by Crippen LogP contribution is -2.25. The Bertz CT molecular complexity index is 830. The van der Waals surface area contributed by atoms with Crippen molar-refractivity contribution in [2.75, 3.05) is 5.32 Å². The maximum atomic E-state index is 12.0. The average Bonchev–Trinajstić information content (AvgIpc) is 3.40. The highest BCUT2D eigenvalue weighted by Crippen LogP contribution is 2.25. The number of amides is 2. The van der Waals surface area contributed by atoms with Crippen molar-refractivity contribution in [2.24, 2.45) is 0 Å². The van der Waals surface area contributed by atoms with Crippen LogP contribution >= 0.6 is 27.5 Å². The van der Waals surface area contributed by atoms with Gasteiger partial charge < -0.3 is 10.6 Å². The highest BCUT2D eigenvalue weighted by atomic mass is 79.9. The predicted molar refractivity (Wildman–Crippen MR) is 104 cm³/mol. The van der Waals surface area contributed by atoms with E-state index in [1.807, 2.05) is 0 Å². The van der Waals surface area contributed by atoms with E-state index in [-0.39, 0.29) is 11.8 Å². The number of anilines is 1. The van der Waals surface area contributed by atoms with Crippen molar-refractivity contribution < 1.29 is 9.59 Å². The Labute approximate surface area is 159 Å². The second kappa shape index (κ2) is 7.85. The first-order chi connectivity index (χ1) is 12.0. The molecule has 0 radical (unpaired) electrons. The normalized spacial score (nSPS) is 13.7. The molecule has 0 bridgehead atoms. The Morgan fingerprint density at radius 2 is 1.84 bits per heavy atom. The number of nitrogens with one attached hydrogen (secondary N) is 2. The lowest BCUT2D eigenvalue weighted by atomic mass is 10.1. The molecule has 1 aliphatic rings. The molecule has 2 amide bonds. The topological polar surface area (TPSA) is 58.2 Å². The van der Waals surface area contributed by atoms with Crippen molar-refractivity contribution >= 4 is 51.1 Å². The van der Waals surface area contributed by atoms with Crippen LogP contribution in [0.1, 0.15) is 28.8 Å². The summed E-state index contributed by atoms with van der Waals surface area (Å²) in [5, 5.41) is 6.12. The minimum absolute atomic E-state index is 0.0550. The second-order valence-electron chi connectivity index (χ2n) is 5.82. The first-order valence-electron chi connectivity index (χ1n) is 7.86. The van der Waals surface area contributed by atoms with Gasteiger partial charge >= 0.3 is 0 Å². The summed E-state index contributed by atoms with van der Waals surface area (Å²) < 4.78 is 0.844. The molecule has 0 atom stereocenters. The fraction of sp³-hybridized carbons (Fsp3) is 0.158. The van der Waals surface area contributed by atoms with Gasteiger partial charge in [0, 0.05) is 22.2 Å². The summed E-state index contributed by atoms with van der Waals surface area (Å²) in [5.74, 6) is -0.333. The number of benzene rings is 2. The van der Waals surface area contributed by atoms with Gasteiger partial charge in [0.2, 0.25) is 5.91 Å². The lowest BCUT2D eigenvalue weighted by molar-refractivity contribution is -0.111. The van der Waals surface area contributed by atoms with E-state index >= 15 is 0 Å². The zero-order chi connectivity index (χ0) is 17.8. The Morgan fingerprint density at radius 1 is 1.12 bits per heavy atom. The van der Waals surface area contributed by atoms with Gasteiger partial charge in [0.15, 0.2) is 0 Å². The third-order valence-electron chi connectivity index (χ3n) is 3.70. The van der Waals surface area contributed by atoms with Gasteiger partial charge in [-0.15, -0.1) is 0 Å². The molecule has 1 saturated carbocycles. The molecule has 6 heteroatoms. The highest BCUT2D eigenvalue weighted by Gasteiger charge is 2.23. The molecule has 1 aliphatic carbocycles. The van der Waals surface area contributed by atoms with Gasteiger partial charge in [-0.25, -0.2) is 0 Å². The smallest absolute Gasteiger partial charge is 0.251 e. The molecule has 1 fully saturated rings. The summed E-state index contributed by atoms with van der Waals surface area (Å²) in [4.78, 5) is 23.9. The monoisotopic (exact) mass is 418 g/mol. The summed E-state index contributed by atoms with van der Waals surface area (Å²) in [6.45, 7) is 0. The molecule has 25 heavy (non-hydrogen) atoms. The summed E-state index contributed by atoms with van der Waals surface area (Å²) in [7, 11) is 0. The standard InChI is InChI=1S/C19H16BrClN2O2/c20-14-6-9-17(16(21)11-14)23-18(24)10-3-12-1-4-13(5-2-12)19(25)22-15-7-8-15/h1-6,9-11,15H,7-8H2,(H,22,25)(H,23,24)/b10-3+. The Morgan fingerprint density at radius 3 is 2.48 bits per heavy atom.